The summed E-state index contributed by atoms with van der Waals surface area (Å²) in [7, 11) is 0. The molecule has 0 bridgehead atoms. The van der Waals surface area contributed by atoms with Crippen molar-refractivity contribution in [2.75, 3.05) is 0 Å². The molecule has 4 heteroatoms. The van der Waals surface area contributed by atoms with Crippen LogP contribution in [0.4, 0.5) is 13.2 Å². The standard InChI is InChI=1S/C11H12F3N/c12-10-2-1-9(7-15-10)8-3-5-11(13,14)6-4-8/h1-2,7-8H,3-6H2. The maximum Gasteiger partial charge on any atom is 0.248 e. The Hall–Kier alpha value is -1.06. The van der Waals surface area contributed by atoms with Crippen molar-refractivity contribution in [1.82, 2.24) is 4.98 Å². The molecule has 1 nitrogen and oxygen atoms in total. The van der Waals surface area contributed by atoms with E-state index in [0.29, 0.717) is 12.8 Å². The Morgan fingerprint density at radius 3 is 2.40 bits per heavy atom. The fourth-order valence-electron chi connectivity index (χ4n) is 2.00. The second-order valence-electron chi connectivity index (χ2n) is 4.04. The zero-order chi connectivity index (χ0) is 10.9. The van der Waals surface area contributed by atoms with Crippen LogP contribution >= 0.6 is 0 Å². The van der Waals surface area contributed by atoms with Crippen LogP contribution in [0.5, 0.6) is 0 Å². The topological polar surface area (TPSA) is 12.9 Å². The summed E-state index contributed by atoms with van der Waals surface area (Å²) in [5.74, 6) is -2.93. The molecule has 1 fully saturated rings. The van der Waals surface area contributed by atoms with Crippen LogP contribution in [0.3, 0.4) is 0 Å². The molecule has 1 aliphatic rings. The molecule has 1 aromatic heterocycles. The minimum absolute atomic E-state index is 0.0744. The van der Waals surface area contributed by atoms with Gasteiger partial charge in [0.25, 0.3) is 0 Å². The van der Waals surface area contributed by atoms with Gasteiger partial charge in [0.2, 0.25) is 11.9 Å². The monoisotopic (exact) mass is 215 g/mol. The number of nitrogens with zero attached hydrogens (tertiary/aromatic N) is 1. The number of hydrogen-bond acceptors (Lipinski definition) is 1. The maximum absolute atomic E-state index is 12.9. The predicted octanol–water partition coefficient (Wildman–Crippen LogP) is 3.51. The summed E-state index contributed by atoms with van der Waals surface area (Å²) in [4.78, 5) is 3.54. The molecule has 15 heavy (non-hydrogen) atoms. The minimum atomic E-state index is -2.51. The van der Waals surface area contributed by atoms with E-state index in [1.54, 1.807) is 6.07 Å². The number of pyridine rings is 1. The van der Waals surface area contributed by atoms with E-state index in [-0.39, 0.29) is 18.8 Å². The highest BCUT2D eigenvalue weighted by atomic mass is 19.3. The third-order valence-corrected chi connectivity index (χ3v) is 2.94. The van der Waals surface area contributed by atoms with Crippen molar-refractivity contribution in [2.45, 2.75) is 37.5 Å². The molecule has 0 aliphatic heterocycles. The Balaban J connectivity index is 2.04. The van der Waals surface area contributed by atoms with Gasteiger partial charge < -0.3 is 0 Å². The van der Waals surface area contributed by atoms with Gasteiger partial charge in [-0.05, 0) is 30.4 Å². The van der Waals surface area contributed by atoms with E-state index >= 15 is 0 Å². The minimum Gasteiger partial charge on any atom is -0.228 e. The van der Waals surface area contributed by atoms with Crippen LogP contribution in [0.1, 0.15) is 37.2 Å². The number of rotatable bonds is 1. The third kappa shape index (κ3) is 2.49. The van der Waals surface area contributed by atoms with E-state index in [0.717, 1.165) is 5.56 Å². The van der Waals surface area contributed by atoms with E-state index in [2.05, 4.69) is 4.98 Å². The normalized spacial score (nSPS) is 21.5. The molecule has 0 atom stereocenters. The molecule has 1 aliphatic carbocycles. The molecule has 0 saturated heterocycles. The Labute approximate surface area is 86.3 Å². The molecule has 2 rings (SSSR count). The molecule has 0 spiro atoms. The third-order valence-electron chi connectivity index (χ3n) is 2.94. The second kappa shape index (κ2) is 3.83. The molecule has 0 amide bonds. The smallest absolute Gasteiger partial charge is 0.228 e. The number of halogens is 3. The van der Waals surface area contributed by atoms with Gasteiger partial charge in [-0.25, -0.2) is 13.8 Å². The Bertz CT molecular complexity index is 324. The lowest BCUT2D eigenvalue weighted by molar-refractivity contribution is -0.0382. The molecule has 1 aromatic rings. The van der Waals surface area contributed by atoms with Gasteiger partial charge in [-0.1, -0.05) is 6.07 Å². The summed E-state index contributed by atoms with van der Waals surface area (Å²) in [6.07, 6.45) is 2.22. The summed E-state index contributed by atoms with van der Waals surface area (Å²) in [6, 6.07) is 2.92. The van der Waals surface area contributed by atoms with Crippen LogP contribution in [0.25, 0.3) is 0 Å². The largest absolute Gasteiger partial charge is 0.248 e. The lowest BCUT2D eigenvalue weighted by atomic mass is 9.83. The average molecular weight is 215 g/mol. The zero-order valence-corrected chi connectivity index (χ0v) is 8.22. The van der Waals surface area contributed by atoms with E-state index in [9.17, 15) is 13.2 Å². The van der Waals surface area contributed by atoms with Gasteiger partial charge in [0.1, 0.15) is 0 Å². The molecule has 0 radical (unpaired) electrons. The van der Waals surface area contributed by atoms with Crippen LogP contribution in [0.15, 0.2) is 18.3 Å². The first kappa shape index (κ1) is 10.5. The number of hydrogen-bond donors (Lipinski definition) is 0. The Morgan fingerprint density at radius 1 is 1.20 bits per heavy atom. The van der Waals surface area contributed by atoms with Crippen molar-refractivity contribution >= 4 is 0 Å². The van der Waals surface area contributed by atoms with Crippen LogP contribution in [-0.2, 0) is 0 Å². The molecule has 0 unspecified atom stereocenters. The van der Waals surface area contributed by atoms with Crippen molar-refractivity contribution in [3.05, 3.63) is 29.8 Å². The maximum atomic E-state index is 12.9. The van der Waals surface area contributed by atoms with E-state index < -0.39 is 11.9 Å². The van der Waals surface area contributed by atoms with Crippen LogP contribution in [0.2, 0.25) is 0 Å². The van der Waals surface area contributed by atoms with Crippen molar-refractivity contribution in [1.29, 1.82) is 0 Å². The van der Waals surface area contributed by atoms with Crippen molar-refractivity contribution in [3.63, 3.8) is 0 Å². The summed E-state index contributed by atoms with van der Waals surface area (Å²) >= 11 is 0. The molecule has 0 N–H and O–H groups in total. The van der Waals surface area contributed by atoms with Gasteiger partial charge in [0.15, 0.2) is 0 Å². The van der Waals surface area contributed by atoms with Gasteiger partial charge in [-0.3, -0.25) is 0 Å². The number of alkyl halides is 2. The lowest BCUT2D eigenvalue weighted by Crippen LogP contribution is -2.23. The Kier molecular flexibility index (Phi) is 2.67. The summed E-state index contributed by atoms with van der Waals surface area (Å²) in [6.45, 7) is 0. The van der Waals surface area contributed by atoms with E-state index in [1.165, 1.54) is 12.3 Å². The SMILES string of the molecule is Fc1ccc(C2CCC(F)(F)CC2)cn1. The fourth-order valence-corrected chi connectivity index (χ4v) is 2.00. The summed E-state index contributed by atoms with van der Waals surface area (Å²) in [5, 5.41) is 0. The fraction of sp³-hybridized carbons (Fsp3) is 0.545. The number of aromatic nitrogens is 1. The quantitative estimate of drug-likeness (QED) is 0.653. The molecule has 0 aromatic carbocycles. The van der Waals surface area contributed by atoms with E-state index in [1.807, 2.05) is 0 Å². The van der Waals surface area contributed by atoms with Crippen molar-refractivity contribution in [3.8, 4) is 0 Å². The highest BCUT2D eigenvalue weighted by Crippen LogP contribution is 2.40. The highest BCUT2D eigenvalue weighted by molar-refractivity contribution is 5.16. The molecule has 1 heterocycles. The summed E-state index contributed by atoms with van der Waals surface area (Å²) in [5.41, 5.74) is 0.868. The lowest BCUT2D eigenvalue weighted by Gasteiger charge is -2.28. The first-order valence-corrected chi connectivity index (χ1v) is 5.06. The second-order valence-corrected chi connectivity index (χ2v) is 4.04. The van der Waals surface area contributed by atoms with E-state index in [4.69, 9.17) is 0 Å². The Morgan fingerprint density at radius 2 is 1.87 bits per heavy atom. The van der Waals surface area contributed by atoms with Gasteiger partial charge in [-0.2, -0.15) is 4.39 Å². The molecule has 82 valence electrons. The van der Waals surface area contributed by atoms with Gasteiger partial charge >= 0.3 is 0 Å². The average Bonchev–Trinajstić information content (AvgIpc) is 2.20. The van der Waals surface area contributed by atoms with Gasteiger partial charge in [0, 0.05) is 19.0 Å². The molecular weight excluding hydrogens is 203 g/mol. The predicted molar refractivity (Wildman–Crippen MR) is 50.4 cm³/mol. The van der Waals surface area contributed by atoms with Crippen molar-refractivity contribution in [2.24, 2.45) is 0 Å². The zero-order valence-electron chi connectivity index (χ0n) is 8.22. The first-order chi connectivity index (χ1) is 7.07. The molecular formula is C11H12F3N. The van der Waals surface area contributed by atoms with Crippen LogP contribution in [-0.4, -0.2) is 10.9 Å². The molecule has 1 saturated carbocycles. The van der Waals surface area contributed by atoms with Crippen molar-refractivity contribution < 1.29 is 13.2 Å². The van der Waals surface area contributed by atoms with Gasteiger partial charge in [-0.15, -0.1) is 0 Å². The van der Waals surface area contributed by atoms with Crippen LogP contribution < -0.4 is 0 Å². The van der Waals surface area contributed by atoms with Crippen LogP contribution in [0, 0.1) is 5.95 Å². The van der Waals surface area contributed by atoms with Gasteiger partial charge in [0.05, 0.1) is 0 Å². The highest BCUT2D eigenvalue weighted by Gasteiger charge is 2.35. The summed E-state index contributed by atoms with van der Waals surface area (Å²) < 4.78 is 38.3. The first-order valence-electron chi connectivity index (χ1n) is 5.06.